The monoisotopic (exact) mass is 285 g/mol. The molecule has 1 N–H and O–H groups in total. The first-order valence-corrected chi connectivity index (χ1v) is 5.33. The molecular formula is C11H9F6NO. The van der Waals surface area contributed by atoms with Crippen molar-refractivity contribution >= 4 is 0 Å². The molecule has 2 nitrogen and oxygen atoms in total. The van der Waals surface area contributed by atoms with E-state index >= 15 is 0 Å². The number of hydrogen-bond donors (Lipinski definition) is 1. The van der Waals surface area contributed by atoms with Crippen LogP contribution >= 0.6 is 0 Å². The lowest BCUT2D eigenvalue weighted by atomic mass is 10.1. The maximum absolute atomic E-state index is 12.5. The fraction of sp³-hybridized carbons (Fsp3) is 0.455. The fourth-order valence-electron chi connectivity index (χ4n) is 1.53. The van der Waals surface area contributed by atoms with E-state index in [2.05, 4.69) is 5.32 Å². The molecule has 1 fully saturated rings. The highest BCUT2D eigenvalue weighted by Gasteiger charge is 2.37. The molecule has 0 saturated carbocycles. The van der Waals surface area contributed by atoms with E-state index in [1.54, 1.807) is 0 Å². The zero-order valence-electron chi connectivity index (χ0n) is 9.40. The van der Waals surface area contributed by atoms with E-state index in [1.165, 1.54) is 0 Å². The van der Waals surface area contributed by atoms with Crippen LogP contribution in [0.25, 0.3) is 0 Å². The van der Waals surface area contributed by atoms with Gasteiger partial charge in [0.05, 0.1) is 11.1 Å². The van der Waals surface area contributed by atoms with E-state index in [-0.39, 0.29) is 6.07 Å². The molecule has 0 bridgehead atoms. The number of rotatable bonds is 2. The second-order valence-electron chi connectivity index (χ2n) is 4.14. The van der Waals surface area contributed by atoms with Crippen LogP contribution in [-0.2, 0) is 12.4 Å². The Morgan fingerprint density at radius 2 is 1.37 bits per heavy atom. The van der Waals surface area contributed by atoms with Crippen molar-refractivity contribution in [3.05, 3.63) is 29.3 Å². The number of alkyl halides is 6. The molecule has 1 aliphatic rings. The molecule has 2 rings (SSSR count). The SMILES string of the molecule is FC(F)(F)c1cc(OC2CNC2)cc(C(F)(F)F)c1. The van der Waals surface area contributed by atoms with Gasteiger partial charge in [0.2, 0.25) is 0 Å². The minimum Gasteiger partial charge on any atom is -0.488 e. The van der Waals surface area contributed by atoms with Gasteiger partial charge < -0.3 is 10.1 Å². The molecule has 0 amide bonds. The smallest absolute Gasteiger partial charge is 0.416 e. The van der Waals surface area contributed by atoms with Crippen LogP contribution in [0, 0.1) is 0 Å². The Hall–Kier alpha value is -1.44. The van der Waals surface area contributed by atoms with Crippen molar-refractivity contribution in [2.45, 2.75) is 18.5 Å². The molecule has 106 valence electrons. The maximum Gasteiger partial charge on any atom is 0.416 e. The second kappa shape index (κ2) is 4.59. The van der Waals surface area contributed by atoms with E-state index in [1.807, 2.05) is 0 Å². The third-order valence-corrected chi connectivity index (χ3v) is 2.61. The molecule has 1 aliphatic heterocycles. The standard InChI is InChI=1S/C11H9F6NO/c12-10(13,14)6-1-7(11(15,16)17)3-8(2-6)19-9-4-18-5-9/h1-3,9,18H,4-5H2. The van der Waals surface area contributed by atoms with E-state index < -0.39 is 35.3 Å². The first-order valence-electron chi connectivity index (χ1n) is 5.33. The fourth-order valence-corrected chi connectivity index (χ4v) is 1.53. The Labute approximate surface area is 104 Å². The third kappa shape index (κ3) is 3.31. The molecule has 0 aliphatic carbocycles. The van der Waals surface area contributed by atoms with Crippen LogP contribution < -0.4 is 10.1 Å². The lowest BCUT2D eigenvalue weighted by Crippen LogP contribution is -2.50. The molecular weight excluding hydrogens is 276 g/mol. The van der Waals surface area contributed by atoms with Crippen LogP contribution in [0.1, 0.15) is 11.1 Å². The summed E-state index contributed by atoms with van der Waals surface area (Å²) in [5.41, 5.74) is -2.74. The van der Waals surface area contributed by atoms with Crippen molar-refractivity contribution in [3.8, 4) is 5.75 Å². The summed E-state index contributed by atoms with van der Waals surface area (Å²) in [5, 5.41) is 2.80. The van der Waals surface area contributed by atoms with Gasteiger partial charge in [-0.2, -0.15) is 26.3 Å². The lowest BCUT2D eigenvalue weighted by molar-refractivity contribution is -0.143. The number of benzene rings is 1. The number of ether oxygens (including phenoxy) is 1. The quantitative estimate of drug-likeness (QED) is 0.843. The van der Waals surface area contributed by atoms with Crippen molar-refractivity contribution in [2.24, 2.45) is 0 Å². The zero-order chi connectivity index (χ0) is 14.3. The highest BCUT2D eigenvalue weighted by atomic mass is 19.4. The van der Waals surface area contributed by atoms with Gasteiger partial charge >= 0.3 is 12.4 Å². The van der Waals surface area contributed by atoms with Crippen LogP contribution in [0.4, 0.5) is 26.3 Å². The van der Waals surface area contributed by atoms with Crippen LogP contribution in [0.3, 0.4) is 0 Å². The molecule has 1 aromatic carbocycles. The first kappa shape index (κ1) is 14.0. The molecule has 0 atom stereocenters. The van der Waals surface area contributed by atoms with Gasteiger partial charge in [-0.15, -0.1) is 0 Å². The van der Waals surface area contributed by atoms with Gasteiger partial charge in [-0.25, -0.2) is 0 Å². The first-order chi connectivity index (χ1) is 8.66. The predicted molar refractivity (Wildman–Crippen MR) is 53.7 cm³/mol. The summed E-state index contributed by atoms with van der Waals surface area (Å²) < 4.78 is 80.3. The normalized spacial score (nSPS) is 17.2. The average Bonchev–Trinajstić information content (AvgIpc) is 2.21. The van der Waals surface area contributed by atoms with E-state index in [0.717, 1.165) is 0 Å². The Balaban J connectivity index is 2.36. The second-order valence-corrected chi connectivity index (χ2v) is 4.14. The summed E-state index contributed by atoms with van der Waals surface area (Å²) in [6.07, 6.45) is -10.1. The molecule has 19 heavy (non-hydrogen) atoms. The van der Waals surface area contributed by atoms with E-state index in [4.69, 9.17) is 4.74 Å². The number of hydrogen-bond acceptors (Lipinski definition) is 2. The van der Waals surface area contributed by atoms with Crippen molar-refractivity contribution in [3.63, 3.8) is 0 Å². The van der Waals surface area contributed by atoms with E-state index in [0.29, 0.717) is 25.2 Å². The van der Waals surface area contributed by atoms with Crippen LogP contribution in [0.15, 0.2) is 18.2 Å². The van der Waals surface area contributed by atoms with Crippen LogP contribution in [0.2, 0.25) is 0 Å². The molecule has 1 saturated heterocycles. The summed E-state index contributed by atoms with van der Waals surface area (Å²) in [4.78, 5) is 0. The maximum atomic E-state index is 12.5. The zero-order valence-corrected chi connectivity index (χ0v) is 9.40. The molecule has 0 unspecified atom stereocenters. The molecule has 1 heterocycles. The van der Waals surface area contributed by atoms with Crippen molar-refractivity contribution in [1.29, 1.82) is 0 Å². The summed E-state index contributed by atoms with van der Waals surface area (Å²) >= 11 is 0. The molecule has 0 radical (unpaired) electrons. The average molecular weight is 285 g/mol. The molecule has 0 spiro atoms. The minimum atomic E-state index is -4.85. The van der Waals surface area contributed by atoms with Gasteiger partial charge in [-0.05, 0) is 18.2 Å². The summed E-state index contributed by atoms with van der Waals surface area (Å²) in [6, 6.07) is 1.23. The lowest BCUT2D eigenvalue weighted by Gasteiger charge is -2.28. The highest BCUT2D eigenvalue weighted by molar-refractivity contribution is 5.37. The van der Waals surface area contributed by atoms with Gasteiger partial charge in [-0.1, -0.05) is 0 Å². The number of nitrogens with one attached hydrogen (secondary N) is 1. The summed E-state index contributed by atoms with van der Waals surface area (Å²) in [6.45, 7) is 0.801. The Bertz CT molecular complexity index is 431. The van der Waals surface area contributed by atoms with Crippen LogP contribution in [-0.4, -0.2) is 19.2 Å². The van der Waals surface area contributed by atoms with Gasteiger partial charge in [0.15, 0.2) is 0 Å². The van der Waals surface area contributed by atoms with Gasteiger partial charge in [0.25, 0.3) is 0 Å². The minimum absolute atomic E-state index is 0.0753. The topological polar surface area (TPSA) is 21.3 Å². The van der Waals surface area contributed by atoms with Gasteiger partial charge in [-0.3, -0.25) is 0 Å². The van der Waals surface area contributed by atoms with Crippen LogP contribution in [0.5, 0.6) is 5.75 Å². The Kier molecular flexibility index (Phi) is 3.38. The van der Waals surface area contributed by atoms with Gasteiger partial charge in [0.1, 0.15) is 11.9 Å². The van der Waals surface area contributed by atoms with Crippen molar-refractivity contribution in [2.75, 3.05) is 13.1 Å². The van der Waals surface area contributed by atoms with Crippen molar-refractivity contribution < 1.29 is 31.1 Å². The van der Waals surface area contributed by atoms with Gasteiger partial charge in [0, 0.05) is 13.1 Å². The molecule has 0 aromatic heterocycles. The summed E-state index contributed by atoms with van der Waals surface area (Å²) in [5.74, 6) is -0.423. The Morgan fingerprint density at radius 3 is 1.68 bits per heavy atom. The molecule has 8 heteroatoms. The number of halogens is 6. The Morgan fingerprint density at radius 1 is 0.895 bits per heavy atom. The summed E-state index contributed by atoms with van der Waals surface area (Å²) in [7, 11) is 0. The van der Waals surface area contributed by atoms with E-state index in [9.17, 15) is 26.3 Å². The molecule has 1 aromatic rings. The third-order valence-electron chi connectivity index (χ3n) is 2.61. The van der Waals surface area contributed by atoms with Crippen molar-refractivity contribution in [1.82, 2.24) is 5.32 Å². The highest BCUT2D eigenvalue weighted by Crippen LogP contribution is 2.38. The largest absolute Gasteiger partial charge is 0.488 e. The predicted octanol–water partition coefficient (Wildman–Crippen LogP) is 3.07.